The number of aryl methyl sites for hydroxylation is 1. The predicted molar refractivity (Wildman–Crippen MR) is 102 cm³/mol. The number of aromatic nitrogens is 3. The van der Waals surface area contributed by atoms with Crippen LogP contribution in [0.3, 0.4) is 0 Å². The maximum Gasteiger partial charge on any atom is 0.146 e. The first-order chi connectivity index (χ1) is 12.7. The fourth-order valence-electron chi connectivity index (χ4n) is 3.69. The summed E-state index contributed by atoms with van der Waals surface area (Å²) in [5.41, 5.74) is 0.634. The van der Waals surface area contributed by atoms with E-state index in [0.717, 1.165) is 62.5 Å². The summed E-state index contributed by atoms with van der Waals surface area (Å²) < 4.78 is 0. The monoisotopic (exact) mass is 349 g/mol. The standard InChI is InChI=1S/C19H23N7/c1-15-22-17(24-7-2-3-8-24)13-18(23-15)25-9-11-26(12-10-25)19-16(14-20)5-4-6-21-19/h4-6,13H,2-3,7-12H2,1H3. The smallest absolute Gasteiger partial charge is 0.146 e. The van der Waals surface area contributed by atoms with E-state index in [9.17, 15) is 5.26 Å². The number of nitriles is 1. The minimum absolute atomic E-state index is 0.634. The van der Waals surface area contributed by atoms with Crippen molar-refractivity contribution < 1.29 is 0 Å². The van der Waals surface area contributed by atoms with E-state index in [2.05, 4.69) is 41.8 Å². The van der Waals surface area contributed by atoms with Crippen molar-refractivity contribution in [1.29, 1.82) is 5.26 Å². The molecule has 0 aromatic carbocycles. The highest BCUT2D eigenvalue weighted by atomic mass is 15.3. The predicted octanol–water partition coefficient (Wildman–Crippen LogP) is 1.98. The van der Waals surface area contributed by atoms with Crippen molar-refractivity contribution in [3.05, 3.63) is 35.8 Å². The van der Waals surface area contributed by atoms with Crippen LogP contribution in [0, 0.1) is 18.3 Å². The maximum atomic E-state index is 9.30. The fraction of sp³-hybridized carbons (Fsp3) is 0.474. The van der Waals surface area contributed by atoms with E-state index < -0.39 is 0 Å². The lowest BCUT2D eigenvalue weighted by molar-refractivity contribution is 0.639. The molecule has 26 heavy (non-hydrogen) atoms. The molecule has 0 saturated carbocycles. The average Bonchev–Trinajstić information content (AvgIpc) is 3.22. The van der Waals surface area contributed by atoms with Crippen molar-refractivity contribution in [3.8, 4) is 6.07 Å². The second-order valence-electron chi connectivity index (χ2n) is 6.79. The molecule has 0 aliphatic carbocycles. The molecular weight excluding hydrogens is 326 g/mol. The van der Waals surface area contributed by atoms with E-state index in [1.54, 1.807) is 6.20 Å². The minimum Gasteiger partial charge on any atom is -0.356 e. The molecule has 0 bridgehead atoms. The van der Waals surface area contributed by atoms with Gasteiger partial charge in [0.2, 0.25) is 0 Å². The summed E-state index contributed by atoms with van der Waals surface area (Å²) >= 11 is 0. The van der Waals surface area contributed by atoms with Gasteiger partial charge in [-0.1, -0.05) is 0 Å². The zero-order valence-electron chi connectivity index (χ0n) is 15.1. The van der Waals surface area contributed by atoms with Gasteiger partial charge in [0.15, 0.2) is 0 Å². The fourth-order valence-corrected chi connectivity index (χ4v) is 3.69. The molecular formula is C19H23N7. The van der Waals surface area contributed by atoms with Crippen LogP contribution < -0.4 is 14.7 Å². The first kappa shape index (κ1) is 16.6. The number of nitrogens with zero attached hydrogens (tertiary/aromatic N) is 7. The summed E-state index contributed by atoms with van der Waals surface area (Å²) in [7, 11) is 0. The number of anilines is 3. The molecule has 2 fully saturated rings. The minimum atomic E-state index is 0.634. The molecule has 0 spiro atoms. The third kappa shape index (κ3) is 3.27. The lowest BCUT2D eigenvalue weighted by Crippen LogP contribution is -2.47. The number of pyridine rings is 1. The third-order valence-corrected chi connectivity index (χ3v) is 5.05. The zero-order valence-corrected chi connectivity index (χ0v) is 15.1. The van der Waals surface area contributed by atoms with Crippen LogP contribution in [-0.2, 0) is 0 Å². The molecule has 0 atom stereocenters. The second-order valence-corrected chi connectivity index (χ2v) is 6.79. The van der Waals surface area contributed by atoms with Crippen LogP contribution >= 0.6 is 0 Å². The highest BCUT2D eigenvalue weighted by Gasteiger charge is 2.23. The normalized spacial score (nSPS) is 17.5. The molecule has 7 nitrogen and oxygen atoms in total. The summed E-state index contributed by atoms with van der Waals surface area (Å²) in [5.74, 6) is 3.65. The zero-order chi connectivity index (χ0) is 17.9. The van der Waals surface area contributed by atoms with Crippen LogP contribution in [0.15, 0.2) is 24.4 Å². The number of piperazine rings is 1. The van der Waals surface area contributed by atoms with Crippen molar-refractivity contribution in [2.24, 2.45) is 0 Å². The van der Waals surface area contributed by atoms with Crippen LogP contribution in [-0.4, -0.2) is 54.2 Å². The quantitative estimate of drug-likeness (QED) is 0.839. The van der Waals surface area contributed by atoms with Crippen molar-refractivity contribution in [1.82, 2.24) is 15.0 Å². The first-order valence-corrected chi connectivity index (χ1v) is 9.20. The van der Waals surface area contributed by atoms with Gasteiger partial charge in [-0.05, 0) is 31.9 Å². The summed E-state index contributed by atoms with van der Waals surface area (Å²) in [6, 6.07) is 7.99. The molecule has 0 amide bonds. The van der Waals surface area contributed by atoms with Crippen molar-refractivity contribution >= 4 is 17.5 Å². The number of hydrogen-bond donors (Lipinski definition) is 0. The van der Waals surface area contributed by atoms with Crippen molar-refractivity contribution in [3.63, 3.8) is 0 Å². The van der Waals surface area contributed by atoms with Gasteiger partial charge < -0.3 is 14.7 Å². The van der Waals surface area contributed by atoms with Crippen LogP contribution in [0.1, 0.15) is 24.2 Å². The number of rotatable bonds is 3. The topological polar surface area (TPSA) is 72.2 Å². The molecule has 0 N–H and O–H groups in total. The Bertz CT molecular complexity index is 815. The largest absolute Gasteiger partial charge is 0.356 e. The Balaban J connectivity index is 1.49. The highest BCUT2D eigenvalue weighted by Crippen LogP contribution is 2.25. The molecule has 0 unspecified atom stereocenters. The van der Waals surface area contributed by atoms with Crippen LogP contribution in [0.4, 0.5) is 17.5 Å². The molecule has 7 heteroatoms. The van der Waals surface area contributed by atoms with Gasteiger partial charge in [0.25, 0.3) is 0 Å². The first-order valence-electron chi connectivity index (χ1n) is 9.20. The van der Waals surface area contributed by atoms with E-state index in [-0.39, 0.29) is 0 Å². The molecule has 0 radical (unpaired) electrons. The summed E-state index contributed by atoms with van der Waals surface area (Å²) in [4.78, 5) is 20.5. The van der Waals surface area contributed by atoms with Gasteiger partial charge in [0, 0.05) is 51.5 Å². The lowest BCUT2D eigenvalue weighted by atomic mass is 10.2. The van der Waals surface area contributed by atoms with Gasteiger partial charge in [0.1, 0.15) is 29.3 Å². The Morgan fingerprint density at radius 1 is 0.923 bits per heavy atom. The molecule has 2 aliphatic heterocycles. The van der Waals surface area contributed by atoms with Gasteiger partial charge in [0.05, 0.1) is 5.56 Å². The molecule has 2 aliphatic rings. The van der Waals surface area contributed by atoms with E-state index in [1.807, 2.05) is 19.1 Å². The van der Waals surface area contributed by atoms with Crippen LogP contribution in [0.5, 0.6) is 0 Å². The molecule has 4 rings (SSSR count). The van der Waals surface area contributed by atoms with E-state index >= 15 is 0 Å². The second kappa shape index (κ2) is 7.16. The number of hydrogen-bond acceptors (Lipinski definition) is 7. The Hall–Kier alpha value is -2.88. The SMILES string of the molecule is Cc1nc(N2CCCC2)cc(N2CCN(c3ncccc3C#N)CC2)n1. The van der Waals surface area contributed by atoms with Gasteiger partial charge in [-0.3, -0.25) is 0 Å². The highest BCUT2D eigenvalue weighted by molar-refractivity contribution is 5.56. The van der Waals surface area contributed by atoms with Crippen molar-refractivity contribution in [2.45, 2.75) is 19.8 Å². The third-order valence-electron chi connectivity index (χ3n) is 5.05. The Kier molecular flexibility index (Phi) is 4.57. The maximum absolute atomic E-state index is 9.30. The van der Waals surface area contributed by atoms with Gasteiger partial charge >= 0.3 is 0 Å². The van der Waals surface area contributed by atoms with Gasteiger partial charge in [-0.15, -0.1) is 0 Å². The summed E-state index contributed by atoms with van der Waals surface area (Å²) in [6.45, 7) is 7.50. The Morgan fingerprint density at radius 3 is 2.19 bits per heavy atom. The van der Waals surface area contributed by atoms with Gasteiger partial charge in [-0.25, -0.2) is 15.0 Å². The average molecular weight is 349 g/mol. The summed E-state index contributed by atoms with van der Waals surface area (Å²) in [6.07, 6.45) is 4.23. The molecule has 2 aromatic heterocycles. The van der Waals surface area contributed by atoms with Crippen molar-refractivity contribution in [2.75, 3.05) is 54.0 Å². The molecule has 4 heterocycles. The van der Waals surface area contributed by atoms with Crippen LogP contribution in [0.25, 0.3) is 0 Å². The van der Waals surface area contributed by atoms with Crippen LogP contribution in [0.2, 0.25) is 0 Å². The van der Waals surface area contributed by atoms with Gasteiger partial charge in [-0.2, -0.15) is 5.26 Å². The lowest BCUT2D eigenvalue weighted by Gasteiger charge is -2.36. The van der Waals surface area contributed by atoms with E-state index in [4.69, 9.17) is 0 Å². The van der Waals surface area contributed by atoms with E-state index in [1.165, 1.54) is 12.8 Å². The summed E-state index contributed by atoms with van der Waals surface area (Å²) in [5, 5.41) is 9.30. The molecule has 2 aromatic rings. The Morgan fingerprint density at radius 2 is 1.54 bits per heavy atom. The van der Waals surface area contributed by atoms with E-state index in [0.29, 0.717) is 5.56 Å². The molecule has 134 valence electrons. The molecule has 2 saturated heterocycles. The Labute approximate surface area is 153 Å².